The van der Waals surface area contributed by atoms with Gasteiger partial charge in [0.15, 0.2) is 0 Å². The molecule has 0 spiro atoms. The van der Waals surface area contributed by atoms with Crippen LogP contribution in [0.5, 0.6) is 0 Å². The number of carbonyl (C=O) groups excluding carboxylic acids is 2. The second kappa shape index (κ2) is 10.9. The average molecular weight is 415 g/mol. The summed E-state index contributed by atoms with van der Waals surface area (Å²) in [5.74, 6) is -0.445. The quantitative estimate of drug-likeness (QED) is 0.717. The van der Waals surface area contributed by atoms with Gasteiger partial charge in [0.25, 0.3) is 0 Å². The number of anilines is 2. The highest BCUT2D eigenvalue weighted by atomic mass is 16.2. The van der Waals surface area contributed by atoms with Crippen LogP contribution >= 0.6 is 0 Å². The topological polar surface area (TPSA) is 109 Å². The molecule has 7 nitrogen and oxygen atoms in total. The van der Waals surface area contributed by atoms with Crippen LogP contribution in [0.1, 0.15) is 43.2 Å². The molecule has 2 aromatic carbocycles. The molecule has 1 aliphatic carbocycles. The van der Waals surface area contributed by atoms with Gasteiger partial charge in [-0.1, -0.05) is 31.4 Å². The van der Waals surface area contributed by atoms with Crippen molar-refractivity contribution in [3.05, 3.63) is 59.7 Å². The zero-order valence-electron chi connectivity index (χ0n) is 17.3. The van der Waals surface area contributed by atoms with E-state index >= 15 is 0 Å². The van der Waals surface area contributed by atoms with E-state index in [9.17, 15) is 9.59 Å². The van der Waals surface area contributed by atoms with Crippen molar-refractivity contribution in [2.75, 3.05) is 23.7 Å². The summed E-state index contributed by atoms with van der Waals surface area (Å²) in [6.45, 7) is 0.181. The van der Waals surface area contributed by atoms with E-state index in [0.717, 1.165) is 25.7 Å². The van der Waals surface area contributed by atoms with Crippen LogP contribution in [0.25, 0.3) is 0 Å². The van der Waals surface area contributed by atoms with E-state index in [4.69, 9.17) is 10.5 Å². The van der Waals surface area contributed by atoms with E-state index in [1.165, 1.54) is 6.42 Å². The van der Waals surface area contributed by atoms with Crippen molar-refractivity contribution in [3.63, 3.8) is 0 Å². The first-order chi connectivity index (χ1) is 15.1. The van der Waals surface area contributed by atoms with Crippen molar-refractivity contribution in [1.29, 1.82) is 10.5 Å². The van der Waals surface area contributed by atoms with Gasteiger partial charge in [0.2, 0.25) is 11.8 Å². The van der Waals surface area contributed by atoms with Crippen LogP contribution in [0.3, 0.4) is 0 Å². The van der Waals surface area contributed by atoms with Crippen LogP contribution in [0, 0.1) is 22.7 Å². The highest BCUT2D eigenvalue weighted by Crippen LogP contribution is 2.23. The van der Waals surface area contributed by atoms with Gasteiger partial charge in [0, 0.05) is 17.4 Å². The molecule has 158 valence electrons. The monoisotopic (exact) mass is 415 g/mol. The van der Waals surface area contributed by atoms with Crippen molar-refractivity contribution in [2.45, 2.75) is 38.1 Å². The molecule has 3 rings (SSSR count). The SMILES string of the molecule is N#Cc1cccc(NC(=O)CN(CC(=O)Nc2cccc(C#N)c2)C2CCCCC2)c1. The van der Waals surface area contributed by atoms with Gasteiger partial charge in [-0.15, -0.1) is 0 Å². The Kier molecular flexibility index (Phi) is 7.75. The molecule has 7 heteroatoms. The van der Waals surface area contributed by atoms with Gasteiger partial charge in [-0.25, -0.2) is 0 Å². The molecule has 0 saturated heterocycles. The Labute approximate surface area is 182 Å². The number of hydrogen-bond donors (Lipinski definition) is 2. The lowest BCUT2D eigenvalue weighted by molar-refractivity contribution is -0.121. The normalized spacial score (nSPS) is 13.8. The molecule has 0 aliphatic heterocycles. The maximum atomic E-state index is 12.7. The van der Waals surface area contributed by atoms with Crippen LogP contribution in [0.4, 0.5) is 11.4 Å². The number of nitrogens with one attached hydrogen (secondary N) is 2. The molecule has 1 aliphatic rings. The van der Waals surface area contributed by atoms with Crippen LogP contribution in [0.2, 0.25) is 0 Å². The number of nitriles is 2. The molecule has 1 fully saturated rings. The molecule has 0 aromatic heterocycles. The van der Waals surface area contributed by atoms with Gasteiger partial charge in [-0.3, -0.25) is 14.5 Å². The third kappa shape index (κ3) is 6.67. The Morgan fingerprint density at radius 3 is 1.77 bits per heavy atom. The van der Waals surface area contributed by atoms with E-state index in [-0.39, 0.29) is 30.9 Å². The lowest BCUT2D eigenvalue weighted by Gasteiger charge is -2.33. The zero-order valence-corrected chi connectivity index (χ0v) is 17.3. The maximum absolute atomic E-state index is 12.7. The molecular formula is C24H25N5O2. The molecule has 2 N–H and O–H groups in total. The van der Waals surface area contributed by atoms with E-state index < -0.39 is 0 Å². The number of hydrogen-bond acceptors (Lipinski definition) is 5. The number of amides is 2. The molecule has 1 saturated carbocycles. The number of benzene rings is 2. The Morgan fingerprint density at radius 1 is 0.839 bits per heavy atom. The number of rotatable bonds is 7. The van der Waals surface area contributed by atoms with Crippen molar-refractivity contribution in [2.24, 2.45) is 0 Å². The first-order valence-electron chi connectivity index (χ1n) is 10.4. The van der Waals surface area contributed by atoms with Crippen molar-refractivity contribution in [3.8, 4) is 12.1 Å². The lowest BCUT2D eigenvalue weighted by atomic mass is 9.94. The first-order valence-corrected chi connectivity index (χ1v) is 10.4. The van der Waals surface area contributed by atoms with Crippen LogP contribution < -0.4 is 10.6 Å². The molecule has 2 amide bonds. The predicted molar refractivity (Wildman–Crippen MR) is 118 cm³/mol. The average Bonchev–Trinajstić information content (AvgIpc) is 2.79. The second-order valence-electron chi connectivity index (χ2n) is 7.68. The Balaban J connectivity index is 1.65. The Bertz CT molecular complexity index is 942. The van der Waals surface area contributed by atoms with Gasteiger partial charge in [-0.2, -0.15) is 10.5 Å². The summed E-state index contributed by atoms with van der Waals surface area (Å²) < 4.78 is 0. The molecule has 31 heavy (non-hydrogen) atoms. The van der Waals surface area contributed by atoms with E-state index in [2.05, 4.69) is 22.8 Å². The van der Waals surface area contributed by atoms with Gasteiger partial charge >= 0.3 is 0 Å². The maximum Gasteiger partial charge on any atom is 0.238 e. The molecule has 0 unspecified atom stereocenters. The largest absolute Gasteiger partial charge is 0.325 e. The summed E-state index contributed by atoms with van der Waals surface area (Å²) in [6, 6.07) is 17.8. The minimum atomic E-state index is -0.222. The minimum absolute atomic E-state index is 0.0904. The standard InChI is InChI=1S/C24H25N5O2/c25-14-18-6-4-8-20(12-18)27-23(30)16-29(22-10-2-1-3-11-22)17-24(31)28-21-9-5-7-19(13-21)15-26/h4-9,12-13,22H,1-3,10-11,16-17H2,(H,27,30)(H,28,31). The minimum Gasteiger partial charge on any atom is -0.325 e. The fourth-order valence-corrected chi connectivity index (χ4v) is 3.86. The van der Waals surface area contributed by atoms with Gasteiger partial charge in [0.1, 0.15) is 0 Å². The Morgan fingerprint density at radius 2 is 1.32 bits per heavy atom. The smallest absolute Gasteiger partial charge is 0.238 e. The van der Waals surface area contributed by atoms with E-state index in [1.54, 1.807) is 48.5 Å². The third-order valence-corrected chi connectivity index (χ3v) is 5.34. The van der Waals surface area contributed by atoms with Crippen LogP contribution in [0.15, 0.2) is 48.5 Å². The molecular weight excluding hydrogens is 390 g/mol. The highest BCUT2D eigenvalue weighted by Gasteiger charge is 2.25. The summed E-state index contributed by atoms with van der Waals surface area (Å²) in [4.78, 5) is 27.3. The molecule has 0 radical (unpaired) electrons. The van der Waals surface area contributed by atoms with Crippen molar-refractivity contribution in [1.82, 2.24) is 4.90 Å². The summed E-state index contributed by atoms with van der Waals surface area (Å²) in [5.41, 5.74) is 2.07. The summed E-state index contributed by atoms with van der Waals surface area (Å²) >= 11 is 0. The highest BCUT2D eigenvalue weighted by molar-refractivity contribution is 5.95. The fourth-order valence-electron chi connectivity index (χ4n) is 3.86. The zero-order chi connectivity index (χ0) is 22.1. The second-order valence-corrected chi connectivity index (χ2v) is 7.68. The van der Waals surface area contributed by atoms with E-state index in [0.29, 0.717) is 22.5 Å². The summed E-state index contributed by atoms with van der Waals surface area (Å²) in [5, 5.41) is 23.7. The first kappa shape index (κ1) is 22.0. The molecule has 0 heterocycles. The van der Waals surface area contributed by atoms with Crippen molar-refractivity contribution < 1.29 is 9.59 Å². The summed E-state index contributed by atoms with van der Waals surface area (Å²) in [6.07, 6.45) is 5.24. The lowest BCUT2D eigenvalue weighted by Crippen LogP contribution is -2.45. The molecule has 0 atom stereocenters. The fraction of sp³-hybridized carbons (Fsp3) is 0.333. The van der Waals surface area contributed by atoms with Gasteiger partial charge < -0.3 is 10.6 Å². The van der Waals surface area contributed by atoms with Crippen molar-refractivity contribution >= 4 is 23.2 Å². The Hall–Kier alpha value is -3.68. The van der Waals surface area contributed by atoms with Crippen LogP contribution in [-0.2, 0) is 9.59 Å². The number of carbonyl (C=O) groups is 2. The van der Waals surface area contributed by atoms with Gasteiger partial charge in [-0.05, 0) is 49.2 Å². The van der Waals surface area contributed by atoms with E-state index in [1.807, 2.05) is 4.90 Å². The molecule has 0 bridgehead atoms. The third-order valence-electron chi connectivity index (χ3n) is 5.34. The van der Waals surface area contributed by atoms with Gasteiger partial charge in [0.05, 0.1) is 36.4 Å². The number of nitrogens with zero attached hydrogens (tertiary/aromatic N) is 3. The van der Waals surface area contributed by atoms with Crippen LogP contribution in [-0.4, -0.2) is 35.8 Å². The predicted octanol–water partition coefficient (Wildman–Crippen LogP) is 3.64. The molecule has 2 aromatic rings. The summed E-state index contributed by atoms with van der Waals surface area (Å²) in [7, 11) is 0.